The molecule has 0 atom stereocenters. The highest BCUT2D eigenvalue weighted by Gasteiger charge is 1.90. The van der Waals surface area contributed by atoms with Crippen molar-refractivity contribution in [1.82, 2.24) is 5.32 Å². The number of esters is 1. The molecule has 3 heteroatoms. The highest BCUT2D eigenvalue weighted by Crippen LogP contribution is 1.80. The van der Waals surface area contributed by atoms with Crippen LogP contribution in [0.3, 0.4) is 0 Å². The number of ether oxygens (including phenoxy) is 1. The molecule has 0 saturated carbocycles. The molecule has 0 unspecified atom stereocenters. The van der Waals surface area contributed by atoms with E-state index in [1.807, 2.05) is 12.2 Å². The van der Waals surface area contributed by atoms with Crippen LogP contribution in [-0.2, 0) is 9.53 Å². The summed E-state index contributed by atoms with van der Waals surface area (Å²) in [5, 5.41) is 3.09. The number of rotatable bonds is 7. The number of carbonyl (C=O) groups is 1. The average Bonchev–Trinajstić information content (AvgIpc) is 2.17. The second kappa shape index (κ2) is 9.74. The van der Waals surface area contributed by atoms with Crippen molar-refractivity contribution in [3.05, 3.63) is 37.0 Å². The van der Waals surface area contributed by atoms with E-state index in [0.717, 1.165) is 6.54 Å². The topological polar surface area (TPSA) is 38.3 Å². The number of allylic oxidation sites excluding steroid dienone is 2. The summed E-state index contributed by atoms with van der Waals surface area (Å²) in [5.41, 5.74) is 0. The fourth-order valence-electron chi connectivity index (χ4n) is 0.760. The van der Waals surface area contributed by atoms with Gasteiger partial charge in [-0.2, -0.15) is 0 Å². The molecule has 0 aliphatic carbocycles. The van der Waals surface area contributed by atoms with Crippen LogP contribution in [0.2, 0.25) is 0 Å². The Morgan fingerprint density at radius 3 is 2.79 bits per heavy atom. The molecule has 0 rings (SSSR count). The molecule has 0 radical (unpaired) electrons. The lowest BCUT2D eigenvalue weighted by Gasteiger charge is -1.96. The maximum absolute atomic E-state index is 10.8. The summed E-state index contributed by atoms with van der Waals surface area (Å²) in [6.07, 6.45) is 8.69. The van der Waals surface area contributed by atoms with Crippen LogP contribution in [0.1, 0.15) is 6.92 Å². The van der Waals surface area contributed by atoms with E-state index in [0.29, 0.717) is 13.2 Å². The molecule has 3 nitrogen and oxygen atoms in total. The molecular formula is C11H17NO2. The third-order valence-corrected chi connectivity index (χ3v) is 1.34. The van der Waals surface area contributed by atoms with E-state index < -0.39 is 0 Å². The minimum atomic E-state index is -0.295. The van der Waals surface area contributed by atoms with Gasteiger partial charge >= 0.3 is 5.97 Å². The van der Waals surface area contributed by atoms with Crippen LogP contribution < -0.4 is 5.32 Å². The molecular weight excluding hydrogens is 178 g/mol. The second-order valence-corrected chi connectivity index (χ2v) is 2.48. The maximum atomic E-state index is 10.8. The lowest BCUT2D eigenvalue weighted by molar-refractivity contribution is -0.137. The van der Waals surface area contributed by atoms with Crippen LogP contribution >= 0.6 is 0 Å². The smallest absolute Gasteiger partial charge is 0.330 e. The molecule has 0 saturated heterocycles. The summed E-state index contributed by atoms with van der Waals surface area (Å²) in [6.45, 7) is 7.16. The van der Waals surface area contributed by atoms with Crippen molar-refractivity contribution in [3.8, 4) is 0 Å². The van der Waals surface area contributed by atoms with Crippen LogP contribution in [0.5, 0.6) is 0 Å². The molecule has 0 heterocycles. The Kier molecular flexibility index (Phi) is 8.80. The van der Waals surface area contributed by atoms with E-state index in [1.165, 1.54) is 6.08 Å². The lowest BCUT2D eigenvalue weighted by Crippen LogP contribution is -2.13. The summed E-state index contributed by atoms with van der Waals surface area (Å²) < 4.78 is 4.71. The Hall–Kier alpha value is -1.35. The van der Waals surface area contributed by atoms with Crippen molar-refractivity contribution in [1.29, 1.82) is 0 Å². The van der Waals surface area contributed by atoms with Crippen LogP contribution in [0.25, 0.3) is 0 Å². The van der Waals surface area contributed by atoms with Crippen LogP contribution in [0.15, 0.2) is 37.0 Å². The van der Waals surface area contributed by atoms with Crippen molar-refractivity contribution in [2.75, 3.05) is 19.7 Å². The minimum absolute atomic E-state index is 0.295. The van der Waals surface area contributed by atoms with Crippen LogP contribution in [0.4, 0.5) is 0 Å². The second-order valence-electron chi connectivity index (χ2n) is 2.48. The Labute approximate surface area is 85.1 Å². The highest BCUT2D eigenvalue weighted by molar-refractivity contribution is 5.81. The Morgan fingerprint density at radius 1 is 1.43 bits per heavy atom. The molecule has 0 aliphatic rings. The molecule has 0 aromatic heterocycles. The number of hydrogen-bond donors (Lipinski definition) is 1. The highest BCUT2D eigenvalue weighted by atomic mass is 16.5. The normalized spacial score (nSPS) is 10.9. The van der Waals surface area contributed by atoms with Gasteiger partial charge in [0, 0.05) is 19.2 Å². The van der Waals surface area contributed by atoms with Gasteiger partial charge in [-0.05, 0) is 6.92 Å². The average molecular weight is 195 g/mol. The Balaban J connectivity index is 3.39. The zero-order valence-electron chi connectivity index (χ0n) is 8.53. The first-order valence-electron chi connectivity index (χ1n) is 4.62. The predicted octanol–water partition coefficient (Wildman–Crippen LogP) is 1.44. The number of carbonyl (C=O) groups excluding carboxylic acids is 1. The maximum Gasteiger partial charge on any atom is 0.330 e. The van der Waals surface area contributed by atoms with Gasteiger partial charge in [0.1, 0.15) is 0 Å². The van der Waals surface area contributed by atoms with E-state index in [4.69, 9.17) is 4.74 Å². The van der Waals surface area contributed by atoms with Crippen molar-refractivity contribution in [2.24, 2.45) is 0 Å². The fraction of sp³-hybridized carbons (Fsp3) is 0.364. The first-order chi connectivity index (χ1) is 6.81. The van der Waals surface area contributed by atoms with Gasteiger partial charge < -0.3 is 10.1 Å². The van der Waals surface area contributed by atoms with E-state index >= 15 is 0 Å². The zero-order chi connectivity index (χ0) is 10.6. The lowest BCUT2D eigenvalue weighted by atomic mass is 10.4. The van der Waals surface area contributed by atoms with E-state index in [9.17, 15) is 4.79 Å². The van der Waals surface area contributed by atoms with Gasteiger partial charge in [-0.25, -0.2) is 4.79 Å². The molecule has 0 fully saturated rings. The van der Waals surface area contributed by atoms with Crippen LogP contribution in [0, 0.1) is 0 Å². The van der Waals surface area contributed by atoms with Gasteiger partial charge in [-0.15, -0.1) is 0 Å². The fourth-order valence-corrected chi connectivity index (χ4v) is 0.760. The molecule has 0 aliphatic heterocycles. The summed E-state index contributed by atoms with van der Waals surface area (Å²) in [7, 11) is 0. The summed E-state index contributed by atoms with van der Waals surface area (Å²) in [6, 6.07) is 0. The van der Waals surface area contributed by atoms with E-state index in [1.54, 1.807) is 19.1 Å². The van der Waals surface area contributed by atoms with Gasteiger partial charge in [0.05, 0.1) is 6.61 Å². The van der Waals surface area contributed by atoms with Crippen molar-refractivity contribution in [2.45, 2.75) is 6.92 Å². The molecule has 1 N–H and O–H groups in total. The van der Waals surface area contributed by atoms with E-state index in [-0.39, 0.29) is 5.97 Å². The van der Waals surface area contributed by atoms with E-state index in [2.05, 4.69) is 11.9 Å². The Bertz CT molecular complexity index is 219. The van der Waals surface area contributed by atoms with Gasteiger partial charge in [-0.3, -0.25) is 0 Å². The van der Waals surface area contributed by atoms with Gasteiger partial charge in [0.2, 0.25) is 0 Å². The van der Waals surface area contributed by atoms with Gasteiger partial charge in [-0.1, -0.05) is 30.9 Å². The summed E-state index contributed by atoms with van der Waals surface area (Å²) >= 11 is 0. The standard InChI is InChI=1S/C11H17NO2/c1-3-5-6-9-12-10-7-8-11(13)14-4-2/h3,5-8,12H,1,4,9-10H2,2H3. The van der Waals surface area contributed by atoms with Gasteiger partial charge in [0.25, 0.3) is 0 Å². The number of nitrogens with one attached hydrogen (secondary N) is 1. The van der Waals surface area contributed by atoms with Crippen molar-refractivity contribution in [3.63, 3.8) is 0 Å². The van der Waals surface area contributed by atoms with Crippen molar-refractivity contribution < 1.29 is 9.53 Å². The van der Waals surface area contributed by atoms with Crippen molar-refractivity contribution >= 4 is 5.97 Å². The molecule has 14 heavy (non-hydrogen) atoms. The first kappa shape index (κ1) is 12.7. The zero-order valence-corrected chi connectivity index (χ0v) is 8.53. The van der Waals surface area contributed by atoms with Gasteiger partial charge in [0.15, 0.2) is 0 Å². The molecule has 0 aromatic carbocycles. The molecule has 0 bridgehead atoms. The third-order valence-electron chi connectivity index (χ3n) is 1.34. The SMILES string of the molecule is C=CC=CCNCC=CC(=O)OCC. The number of hydrogen-bond acceptors (Lipinski definition) is 3. The minimum Gasteiger partial charge on any atom is -0.463 e. The predicted molar refractivity (Wildman–Crippen MR) is 58.0 cm³/mol. The molecule has 0 aromatic rings. The summed E-state index contributed by atoms with van der Waals surface area (Å²) in [4.78, 5) is 10.8. The summed E-state index contributed by atoms with van der Waals surface area (Å²) in [5.74, 6) is -0.295. The quantitative estimate of drug-likeness (QED) is 0.289. The Morgan fingerprint density at radius 2 is 2.14 bits per heavy atom. The monoisotopic (exact) mass is 195 g/mol. The van der Waals surface area contributed by atoms with Crippen LogP contribution in [-0.4, -0.2) is 25.7 Å². The first-order valence-corrected chi connectivity index (χ1v) is 4.62. The largest absolute Gasteiger partial charge is 0.463 e. The molecule has 78 valence electrons. The third kappa shape index (κ3) is 8.74. The molecule has 0 amide bonds. The molecule has 0 spiro atoms.